The number of hydrogen-bond donors (Lipinski definition) is 1. The molecule has 2 rings (SSSR count). The molecule has 0 aliphatic carbocycles. The SMILES string of the molecule is CCOC(=O)CSCC(N)c1ccc2c(c1)OCCO2. The van der Waals surface area contributed by atoms with E-state index in [2.05, 4.69) is 0 Å². The maximum Gasteiger partial charge on any atom is 0.315 e. The van der Waals surface area contributed by atoms with E-state index in [0.29, 0.717) is 31.3 Å². The molecular weight excluding hydrogens is 278 g/mol. The van der Waals surface area contributed by atoms with E-state index in [1.165, 1.54) is 11.8 Å². The summed E-state index contributed by atoms with van der Waals surface area (Å²) in [5.74, 6) is 2.27. The van der Waals surface area contributed by atoms with Crippen LogP contribution < -0.4 is 15.2 Å². The molecule has 1 unspecified atom stereocenters. The summed E-state index contributed by atoms with van der Waals surface area (Å²) in [6, 6.07) is 5.57. The lowest BCUT2D eigenvalue weighted by atomic mass is 10.1. The number of carbonyl (C=O) groups is 1. The maximum atomic E-state index is 11.2. The van der Waals surface area contributed by atoms with Crippen LogP contribution in [-0.2, 0) is 9.53 Å². The van der Waals surface area contributed by atoms with Crippen LogP contribution in [0.5, 0.6) is 11.5 Å². The Morgan fingerprint density at radius 1 is 1.40 bits per heavy atom. The summed E-state index contributed by atoms with van der Waals surface area (Å²) in [4.78, 5) is 11.2. The number of esters is 1. The number of thioether (sulfide) groups is 1. The minimum Gasteiger partial charge on any atom is -0.486 e. The van der Waals surface area contributed by atoms with Crippen LogP contribution in [0.15, 0.2) is 18.2 Å². The second-order valence-corrected chi connectivity index (χ2v) is 5.36. The Hall–Kier alpha value is -1.40. The quantitative estimate of drug-likeness (QED) is 0.807. The standard InChI is InChI=1S/C14H19NO4S/c1-2-17-14(16)9-20-8-11(15)10-3-4-12-13(7-10)19-6-5-18-12/h3-4,7,11H,2,5-6,8-9,15H2,1H3. The Morgan fingerprint density at radius 2 is 2.15 bits per heavy atom. The van der Waals surface area contributed by atoms with E-state index in [1.54, 1.807) is 6.92 Å². The van der Waals surface area contributed by atoms with E-state index in [0.717, 1.165) is 17.1 Å². The van der Waals surface area contributed by atoms with Crippen LogP contribution >= 0.6 is 11.8 Å². The molecule has 1 aliphatic rings. The molecule has 1 heterocycles. The van der Waals surface area contributed by atoms with Crippen LogP contribution in [0, 0.1) is 0 Å². The van der Waals surface area contributed by atoms with Crippen molar-refractivity contribution >= 4 is 17.7 Å². The van der Waals surface area contributed by atoms with Gasteiger partial charge < -0.3 is 19.9 Å². The Kier molecular flexibility index (Phi) is 5.55. The molecule has 1 aromatic carbocycles. The lowest BCUT2D eigenvalue weighted by Crippen LogP contribution is -2.18. The number of benzene rings is 1. The first-order valence-electron chi connectivity index (χ1n) is 6.59. The van der Waals surface area contributed by atoms with Gasteiger partial charge in [0.25, 0.3) is 0 Å². The highest BCUT2D eigenvalue weighted by Gasteiger charge is 2.15. The number of rotatable bonds is 6. The lowest BCUT2D eigenvalue weighted by molar-refractivity contribution is -0.139. The van der Waals surface area contributed by atoms with Gasteiger partial charge in [0.1, 0.15) is 13.2 Å². The molecule has 110 valence electrons. The second-order valence-electron chi connectivity index (χ2n) is 4.33. The molecule has 0 fully saturated rings. The van der Waals surface area contributed by atoms with Crippen LogP contribution in [0.1, 0.15) is 18.5 Å². The second kappa shape index (κ2) is 7.40. The number of nitrogens with two attached hydrogens (primary N) is 1. The predicted octanol–water partition coefficient (Wildman–Crippen LogP) is 1.75. The third-order valence-corrected chi connectivity index (χ3v) is 3.85. The smallest absolute Gasteiger partial charge is 0.315 e. The molecule has 0 aromatic heterocycles. The Balaban J connectivity index is 1.86. The van der Waals surface area contributed by atoms with Crippen LogP contribution in [0.4, 0.5) is 0 Å². The van der Waals surface area contributed by atoms with E-state index in [-0.39, 0.29) is 12.0 Å². The molecule has 0 saturated heterocycles. The molecule has 0 spiro atoms. The van der Waals surface area contributed by atoms with E-state index in [9.17, 15) is 4.79 Å². The fraction of sp³-hybridized carbons (Fsp3) is 0.500. The normalized spacial score (nSPS) is 14.7. The Morgan fingerprint density at radius 3 is 2.90 bits per heavy atom. The van der Waals surface area contributed by atoms with Gasteiger partial charge in [-0.3, -0.25) is 4.79 Å². The number of fused-ring (bicyclic) bond motifs is 1. The zero-order valence-corrected chi connectivity index (χ0v) is 12.3. The lowest BCUT2D eigenvalue weighted by Gasteiger charge is -2.20. The Bertz CT molecular complexity index is 466. The molecular formula is C14H19NO4S. The predicted molar refractivity (Wildman–Crippen MR) is 78.3 cm³/mol. The van der Waals surface area contributed by atoms with Gasteiger partial charge in [0.2, 0.25) is 0 Å². The molecule has 0 amide bonds. The summed E-state index contributed by atoms with van der Waals surface area (Å²) < 4.78 is 15.9. The molecule has 6 heteroatoms. The van der Waals surface area contributed by atoms with Crippen molar-refractivity contribution in [2.45, 2.75) is 13.0 Å². The first-order chi connectivity index (χ1) is 9.70. The zero-order valence-electron chi connectivity index (χ0n) is 11.5. The average Bonchev–Trinajstić information content (AvgIpc) is 2.47. The monoisotopic (exact) mass is 297 g/mol. The molecule has 0 bridgehead atoms. The summed E-state index contributed by atoms with van der Waals surface area (Å²) in [5, 5.41) is 0. The van der Waals surface area contributed by atoms with Gasteiger partial charge in [0, 0.05) is 11.8 Å². The first-order valence-corrected chi connectivity index (χ1v) is 7.74. The molecule has 1 atom stereocenters. The van der Waals surface area contributed by atoms with Crippen LogP contribution in [0.25, 0.3) is 0 Å². The summed E-state index contributed by atoms with van der Waals surface area (Å²) >= 11 is 1.47. The molecule has 2 N–H and O–H groups in total. The van der Waals surface area contributed by atoms with Gasteiger partial charge in [-0.1, -0.05) is 6.07 Å². The topological polar surface area (TPSA) is 70.8 Å². The van der Waals surface area contributed by atoms with Crippen LogP contribution in [-0.4, -0.2) is 37.3 Å². The fourth-order valence-electron chi connectivity index (χ4n) is 1.86. The fourth-order valence-corrected chi connectivity index (χ4v) is 2.67. The van der Waals surface area contributed by atoms with Crippen molar-refractivity contribution in [2.24, 2.45) is 5.73 Å². The summed E-state index contributed by atoms with van der Waals surface area (Å²) in [7, 11) is 0. The Labute approximate surface area is 122 Å². The van der Waals surface area contributed by atoms with Gasteiger partial charge in [0.05, 0.1) is 12.4 Å². The largest absolute Gasteiger partial charge is 0.486 e. The van der Waals surface area contributed by atoms with Gasteiger partial charge in [0.15, 0.2) is 11.5 Å². The van der Waals surface area contributed by atoms with Crippen LogP contribution in [0.3, 0.4) is 0 Å². The van der Waals surface area contributed by atoms with Crippen LogP contribution in [0.2, 0.25) is 0 Å². The number of carbonyl (C=O) groups excluding carboxylic acids is 1. The van der Waals surface area contributed by atoms with Gasteiger partial charge >= 0.3 is 5.97 Å². The highest BCUT2D eigenvalue weighted by Crippen LogP contribution is 2.32. The number of ether oxygens (including phenoxy) is 3. The van der Waals surface area contributed by atoms with Gasteiger partial charge in [-0.05, 0) is 24.6 Å². The van der Waals surface area contributed by atoms with E-state index < -0.39 is 0 Å². The summed E-state index contributed by atoms with van der Waals surface area (Å²) in [6.07, 6.45) is 0. The molecule has 1 aromatic rings. The van der Waals surface area contributed by atoms with E-state index in [1.807, 2.05) is 18.2 Å². The maximum absolute atomic E-state index is 11.2. The third kappa shape index (κ3) is 4.05. The third-order valence-electron chi connectivity index (χ3n) is 2.82. The summed E-state index contributed by atoms with van der Waals surface area (Å²) in [6.45, 7) is 3.34. The molecule has 20 heavy (non-hydrogen) atoms. The van der Waals surface area contributed by atoms with Crippen molar-refractivity contribution in [3.63, 3.8) is 0 Å². The first kappa shape index (κ1) is 15.0. The van der Waals surface area contributed by atoms with Gasteiger partial charge in [-0.25, -0.2) is 0 Å². The minimum atomic E-state index is -0.202. The van der Waals surface area contributed by atoms with Crippen molar-refractivity contribution in [2.75, 3.05) is 31.3 Å². The van der Waals surface area contributed by atoms with Gasteiger partial charge in [-0.15, -0.1) is 11.8 Å². The van der Waals surface area contributed by atoms with Crippen molar-refractivity contribution in [3.8, 4) is 11.5 Å². The molecule has 0 saturated carbocycles. The minimum absolute atomic E-state index is 0.148. The van der Waals surface area contributed by atoms with Crippen molar-refractivity contribution in [1.29, 1.82) is 0 Å². The van der Waals surface area contributed by atoms with E-state index in [4.69, 9.17) is 19.9 Å². The number of hydrogen-bond acceptors (Lipinski definition) is 6. The van der Waals surface area contributed by atoms with Crippen molar-refractivity contribution < 1.29 is 19.0 Å². The highest BCUT2D eigenvalue weighted by molar-refractivity contribution is 7.99. The average molecular weight is 297 g/mol. The van der Waals surface area contributed by atoms with Crippen molar-refractivity contribution in [1.82, 2.24) is 0 Å². The zero-order chi connectivity index (χ0) is 14.4. The van der Waals surface area contributed by atoms with E-state index >= 15 is 0 Å². The highest BCUT2D eigenvalue weighted by atomic mass is 32.2. The molecule has 0 radical (unpaired) electrons. The van der Waals surface area contributed by atoms with Crippen molar-refractivity contribution in [3.05, 3.63) is 23.8 Å². The summed E-state index contributed by atoms with van der Waals surface area (Å²) in [5.41, 5.74) is 7.10. The van der Waals surface area contributed by atoms with Gasteiger partial charge in [-0.2, -0.15) is 0 Å². The molecule has 5 nitrogen and oxygen atoms in total. The molecule has 1 aliphatic heterocycles.